The molecule has 1 aliphatic heterocycles. The molecule has 110 valence electrons. The van der Waals surface area contributed by atoms with Crippen LogP contribution in [-0.4, -0.2) is 29.1 Å². The van der Waals surface area contributed by atoms with Crippen LogP contribution in [0.1, 0.15) is 18.1 Å². The van der Waals surface area contributed by atoms with Gasteiger partial charge in [-0.2, -0.15) is 24.9 Å². The number of halogens is 3. The van der Waals surface area contributed by atoms with E-state index in [1.165, 1.54) is 6.07 Å². The number of alkyl halides is 3. The van der Waals surface area contributed by atoms with E-state index >= 15 is 0 Å². The minimum absolute atomic E-state index is 0.00280. The van der Waals surface area contributed by atoms with Crippen LogP contribution in [0.2, 0.25) is 0 Å². The number of hydrogen-bond acceptors (Lipinski definition) is 3. The second-order valence-electron chi connectivity index (χ2n) is 4.72. The van der Waals surface area contributed by atoms with Crippen LogP contribution in [0, 0.1) is 0 Å². The SMILES string of the molecule is CC1CN(c2ccc(C(F)(F)F)cc2C(N)=S)CCS1. The van der Waals surface area contributed by atoms with Gasteiger partial charge in [-0.05, 0) is 18.2 Å². The molecule has 0 amide bonds. The van der Waals surface area contributed by atoms with E-state index in [1.807, 2.05) is 11.8 Å². The second kappa shape index (κ2) is 5.81. The molecule has 1 fully saturated rings. The summed E-state index contributed by atoms with van der Waals surface area (Å²) in [5.41, 5.74) is 5.87. The van der Waals surface area contributed by atoms with E-state index in [0.29, 0.717) is 16.5 Å². The molecular weight excluding hydrogens is 305 g/mol. The lowest BCUT2D eigenvalue weighted by Gasteiger charge is -2.34. The van der Waals surface area contributed by atoms with Crippen molar-refractivity contribution in [2.75, 3.05) is 23.7 Å². The van der Waals surface area contributed by atoms with Crippen molar-refractivity contribution in [3.05, 3.63) is 29.3 Å². The van der Waals surface area contributed by atoms with Crippen LogP contribution < -0.4 is 10.6 Å². The monoisotopic (exact) mass is 320 g/mol. The third kappa shape index (κ3) is 3.38. The van der Waals surface area contributed by atoms with Crippen molar-refractivity contribution >= 4 is 34.7 Å². The first-order valence-electron chi connectivity index (χ1n) is 6.16. The minimum Gasteiger partial charge on any atom is -0.389 e. The summed E-state index contributed by atoms with van der Waals surface area (Å²) in [4.78, 5) is 2.05. The summed E-state index contributed by atoms with van der Waals surface area (Å²) in [6.45, 7) is 3.67. The molecule has 0 spiro atoms. The summed E-state index contributed by atoms with van der Waals surface area (Å²) in [6.07, 6.45) is -4.39. The van der Waals surface area contributed by atoms with Gasteiger partial charge < -0.3 is 10.6 Å². The van der Waals surface area contributed by atoms with E-state index < -0.39 is 11.7 Å². The van der Waals surface area contributed by atoms with Crippen molar-refractivity contribution in [1.29, 1.82) is 0 Å². The Labute approximate surface area is 125 Å². The first-order valence-corrected chi connectivity index (χ1v) is 7.62. The fourth-order valence-electron chi connectivity index (χ4n) is 2.22. The first kappa shape index (κ1) is 15.4. The Morgan fingerprint density at radius 2 is 2.15 bits per heavy atom. The lowest BCUT2D eigenvalue weighted by molar-refractivity contribution is -0.137. The van der Waals surface area contributed by atoms with Gasteiger partial charge in [0.15, 0.2) is 0 Å². The van der Waals surface area contributed by atoms with E-state index in [-0.39, 0.29) is 4.99 Å². The van der Waals surface area contributed by atoms with E-state index in [2.05, 4.69) is 11.8 Å². The van der Waals surface area contributed by atoms with Gasteiger partial charge in [0, 0.05) is 35.3 Å². The van der Waals surface area contributed by atoms with E-state index in [4.69, 9.17) is 18.0 Å². The molecule has 7 heteroatoms. The maximum atomic E-state index is 12.8. The number of hydrogen-bond donors (Lipinski definition) is 1. The zero-order valence-corrected chi connectivity index (χ0v) is 12.5. The summed E-state index contributed by atoms with van der Waals surface area (Å²) in [6, 6.07) is 3.60. The highest BCUT2D eigenvalue weighted by Crippen LogP contribution is 2.34. The predicted molar refractivity (Wildman–Crippen MR) is 81.5 cm³/mol. The molecule has 1 atom stereocenters. The average Bonchev–Trinajstić information content (AvgIpc) is 2.37. The van der Waals surface area contributed by atoms with E-state index in [9.17, 15) is 13.2 Å². The summed E-state index contributed by atoms with van der Waals surface area (Å²) in [5.74, 6) is 0.943. The van der Waals surface area contributed by atoms with Gasteiger partial charge in [-0.1, -0.05) is 19.1 Å². The van der Waals surface area contributed by atoms with Gasteiger partial charge in [-0.3, -0.25) is 0 Å². The third-order valence-corrected chi connectivity index (χ3v) is 4.53. The van der Waals surface area contributed by atoms with Gasteiger partial charge in [0.05, 0.1) is 5.56 Å². The Kier molecular flexibility index (Phi) is 4.49. The Morgan fingerprint density at radius 3 is 2.70 bits per heavy atom. The number of thioether (sulfide) groups is 1. The van der Waals surface area contributed by atoms with Crippen molar-refractivity contribution in [3.8, 4) is 0 Å². The zero-order chi connectivity index (χ0) is 14.9. The standard InChI is InChI=1S/C13H15F3N2S2/c1-8-7-18(4-5-20-8)11-3-2-9(13(14,15)16)6-10(11)12(17)19/h2-3,6,8H,4-5,7H2,1H3,(H2,17,19). The number of nitrogens with zero attached hydrogens (tertiary/aromatic N) is 1. The van der Waals surface area contributed by atoms with E-state index in [1.54, 1.807) is 0 Å². The topological polar surface area (TPSA) is 29.3 Å². The lowest BCUT2D eigenvalue weighted by atomic mass is 10.1. The van der Waals surface area contributed by atoms with Gasteiger partial charge >= 0.3 is 6.18 Å². The largest absolute Gasteiger partial charge is 0.416 e. The number of anilines is 1. The summed E-state index contributed by atoms with van der Waals surface area (Å²) in [7, 11) is 0. The van der Waals surface area contributed by atoms with Crippen LogP contribution in [-0.2, 0) is 6.18 Å². The average molecular weight is 320 g/mol. The van der Waals surface area contributed by atoms with Gasteiger partial charge in [0.1, 0.15) is 4.99 Å². The van der Waals surface area contributed by atoms with Gasteiger partial charge in [-0.25, -0.2) is 0 Å². The van der Waals surface area contributed by atoms with Gasteiger partial charge in [0.2, 0.25) is 0 Å². The van der Waals surface area contributed by atoms with Crippen molar-refractivity contribution in [2.24, 2.45) is 5.73 Å². The number of benzene rings is 1. The molecule has 0 bridgehead atoms. The van der Waals surface area contributed by atoms with Gasteiger partial charge in [0.25, 0.3) is 0 Å². The van der Waals surface area contributed by atoms with Crippen molar-refractivity contribution in [2.45, 2.75) is 18.3 Å². The molecule has 20 heavy (non-hydrogen) atoms. The fraction of sp³-hybridized carbons (Fsp3) is 0.462. The Morgan fingerprint density at radius 1 is 1.45 bits per heavy atom. The fourth-order valence-corrected chi connectivity index (χ4v) is 3.40. The first-order chi connectivity index (χ1) is 9.29. The van der Waals surface area contributed by atoms with Crippen molar-refractivity contribution in [1.82, 2.24) is 0 Å². The molecule has 2 nitrogen and oxygen atoms in total. The molecule has 1 aliphatic rings. The van der Waals surface area contributed by atoms with Crippen molar-refractivity contribution < 1.29 is 13.2 Å². The Bertz CT molecular complexity index is 517. The molecule has 1 unspecified atom stereocenters. The molecular formula is C13H15F3N2S2. The van der Waals surface area contributed by atoms with Gasteiger partial charge in [-0.15, -0.1) is 0 Å². The van der Waals surface area contributed by atoms with Crippen LogP contribution in [0.25, 0.3) is 0 Å². The molecule has 1 aromatic rings. The molecule has 2 rings (SSSR count). The number of nitrogens with two attached hydrogens (primary N) is 1. The maximum Gasteiger partial charge on any atom is 0.416 e. The highest BCUT2D eigenvalue weighted by Gasteiger charge is 2.32. The van der Waals surface area contributed by atoms with Crippen LogP contribution in [0.4, 0.5) is 18.9 Å². The maximum absolute atomic E-state index is 12.8. The summed E-state index contributed by atoms with van der Waals surface area (Å²) < 4.78 is 38.3. The van der Waals surface area contributed by atoms with Crippen molar-refractivity contribution in [3.63, 3.8) is 0 Å². The summed E-state index contributed by atoms with van der Waals surface area (Å²) >= 11 is 6.76. The lowest BCUT2D eigenvalue weighted by Crippen LogP contribution is -2.37. The molecule has 1 heterocycles. The van der Waals surface area contributed by atoms with Crippen LogP contribution in [0.15, 0.2) is 18.2 Å². The highest BCUT2D eigenvalue weighted by molar-refractivity contribution is 8.00. The quantitative estimate of drug-likeness (QED) is 0.847. The number of rotatable bonds is 2. The predicted octanol–water partition coefficient (Wildman–Crippen LogP) is 3.28. The third-order valence-electron chi connectivity index (χ3n) is 3.17. The number of thiocarbonyl (C=S) groups is 1. The van der Waals surface area contributed by atoms with Crippen LogP contribution in [0.5, 0.6) is 0 Å². The molecule has 1 saturated heterocycles. The highest BCUT2D eigenvalue weighted by atomic mass is 32.2. The van der Waals surface area contributed by atoms with Crippen LogP contribution >= 0.6 is 24.0 Å². The second-order valence-corrected chi connectivity index (χ2v) is 6.71. The van der Waals surface area contributed by atoms with E-state index in [0.717, 1.165) is 31.0 Å². The minimum atomic E-state index is -4.39. The van der Waals surface area contributed by atoms with Crippen LogP contribution in [0.3, 0.4) is 0 Å². The molecule has 0 saturated carbocycles. The molecule has 1 aromatic carbocycles. The smallest absolute Gasteiger partial charge is 0.389 e. The summed E-state index contributed by atoms with van der Waals surface area (Å²) in [5, 5.41) is 0.435. The Balaban J connectivity index is 2.40. The Hall–Kier alpha value is -0.950. The molecule has 0 aromatic heterocycles. The molecule has 0 radical (unpaired) electrons. The molecule has 2 N–H and O–H groups in total. The molecule has 0 aliphatic carbocycles. The normalized spacial score (nSPS) is 20.0. The zero-order valence-electron chi connectivity index (χ0n) is 10.9.